The molecule has 1 unspecified atom stereocenters. The number of fused-ring (bicyclic) bond motifs is 3. The van der Waals surface area contributed by atoms with Gasteiger partial charge in [-0.2, -0.15) is 0 Å². The van der Waals surface area contributed by atoms with Crippen molar-refractivity contribution in [3.63, 3.8) is 0 Å². The Balaban J connectivity index is 2.33. The third kappa shape index (κ3) is 1.33. The SMILES string of the molecule is CC1NCCc2[nH]c3nnc(Cl)cc3c21. The highest BCUT2D eigenvalue weighted by Crippen LogP contribution is 2.30. The van der Waals surface area contributed by atoms with E-state index in [-0.39, 0.29) is 0 Å². The van der Waals surface area contributed by atoms with Crippen molar-refractivity contribution in [2.45, 2.75) is 19.4 Å². The van der Waals surface area contributed by atoms with E-state index in [1.807, 2.05) is 6.07 Å². The first-order valence-corrected chi connectivity index (χ1v) is 5.40. The number of H-pyrrole nitrogens is 1. The average molecular weight is 223 g/mol. The van der Waals surface area contributed by atoms with Gasteiger partial charge in [-0.1, -0.05) is 11.6 Å². The fourth-order valence-corrected chi connectivity index (χ4v) is 2.39. The zero-order chi connectivity index (χ0) is 10.4. The van der Waals surface area contributed by atoms with Crippen LogP contribution in [0.15, 0.2) is 6.07 Å². The lowest BCUT2D eigenvalue weighted by atomic mass is 10.0. The number of rotatable bonds is 0. The van der Waals surface area contributed by atoms with Crippen LogP contribution in [0.3, 0.4) is 0 Å². The van der Waals surface area contributed by atoms with Crippen LogP contribution in [0.4, 0.5) is 0 Å². The summed E-state index contributed by atoms with van der Waals surface area (Å²) in [6, 6.07) is 2.23. The number of aromatic nitrogens is 3. The molecule has 1 aliphatic heterocycles. The van der Waals surface area contributed by atoms with Crippen molar-refractivity contribution in [3.8, 4) is 0 Å². The monoisotopic (exact) mass is 222 g/mol. The van der Waals surface area contributed by atoms with Crippen molar-refractivity contribution in [3.05, 3.63) is 22.5 Å². The van der Waals surface area contributed by atoms with Crippen LogP contribution in [0, 0.1) is 0 Å². The smallest absolute Gasteiger partial charge is 0.160 e. The lowest BCUT2D eigenvalue weighted by molar-refractivity contribution is 0.541. The highest BCUT2D eigenvalue weighted by molar-refractivity contribution is 6.29. The van der Waals surface area contributed by atoms with Crippen LogP contribution in [-0.2, 0) is 6.42 Å². The first-order chi connectivity index (χ1) is 7.25. The molecule has 0 bridgehead atoms. The van der Waals surface area contributed by atoms with Gasteiger partial charge in [-0.25, -0.2) is 0 Å². The normalized spacial score (nSPS) is 20.5. The summed E-state index contributed by atoms with van der Waals surface area (Å²) in [6.07, 6.45) is 1.01. The van der Waals surface area contributed by atoms with Gasteiger partial charge in [0, 0.05) is 30.1 Å². The standard InChI is InChI=1S/C10H11ClN4/c1-5-9-6-4-8(11)14-15-10(6)13-7(9)2-3-12-5/h4-5,12H,2-3H2,1H3,(H,13,15). The van der Waals surface area contributed by atoms with Crippen molar-refractivity contribution in [2.75, 3.05) is 6.54 Å². The molecule has 0 amide bonds. The second-order valence-corrected chi connectivity index (χ2v) is 4.26. The molecule has 4 nitrogen and oxygen atoms in total. The Morgan fingerprint density at radius 2 is 2.33 bits per heavy atom. The Hall–Kier alpha value is -1.13. The van der Waals surface area contributed by atoms with E-state index in [4.69, 9.17) is 11.6 Å². The van der Waals surface area contributed by atoms with E-state index in [0.717, 1.165) is 24.0 Å². The molecule has 0 radical (unpaired) electrons. The van der Waals surface area contributed by atoms with E-state index in [1.54, 1.807) is 0 Å². The summed E-state index contributed by atoms with van der Waals surface area (Å²) in [5.41, 5.74) is 3.38. The lowest BCUT2D eigenvalue weighted by Crippen LogP contribution is -2.27. The summed E-state index contributed by atoms with van der Waals surface area (Å²) < 4.78 is 0. The van der Waals surface area contributed by atoms with Gasteiger partial charge in [0.15, 0.2) is 10.8 Å². The Kier molecular flexibility index (Phi) is 1.94. The quantitative estimate of drug-likeness (QED) is 0.715. The van der Waals surface area contributed by atoms with Crippen LogP contribution in [0.1, 0.15) is 24.2 Å². The molecular weight excluding hydrogens is 212 g/mol. The Morgan fingerprint density at radius 1 is 1.47 bits per heavy atom. The third-order valence-electron chi connectivity index (χ3n) is 2.91. The molecule has 2 aromatic rings. The second kappa shape index (κ2) is 3.18. The highest BCUT2D eigenvalue weighted by atomic mass is 35.5. The van der Waals surface area contributed by atoms with Crippen molar-refractivity contribution >= 4 is 22.6 Å². The van der Waals surface area contributed by atoms with Gasteiger partial charge in [-0.15, -0.1) is 10.2 Å². The van der Waals surface area contributed by atoms with Crippen molar-refractivity contribution in [1.82, 2.24) is 20.5 Å². The molecular formula is C10H11ClN4. The summed E-state index contributed by atoms with van der Waals surface area (Å²) >= 11 is 5.86. The maximum Gasteiger partial charge on any atom is 0.160 e. The maximum absolute atomic E-state index is 5.86. The minimum Gasteiger partial charge on any atom is -0.341 e. The molecule has 2 aromatic heterocycles. The molecule has 0 fully saturated rings. The van der Waals surface area contributed by atoms with Gasteiger partial charge in [-0.05, 0) is 18.6 Å². The molecule has 5 heteroatoms. The van der Waals surface area contributed by atoms with E-state index in [1.165, 1.54) is 11.3 Å². The number of nitrogens with zero attached hydrogens (tertiary/aromatic N) is 2. The molecule has 15 heavy (non-hydrogen) atoms. The van der Waals surface area contributed by atoms with Crippen molar-refractivity contribution < 1.29 is 0 Å². The molecule has 0 saturated carbocycles. The molecule has 1 atom stereocenters. The first-order valence-electron chi connectivity index (χ1n) is 5.03. The first kappa shape index (κ1) is 9.12. The molecule has 0 saturated heterocycles. The summed E-state index contributed by atoms with van der Waals surface area (Å²) in [7, 11) is 0. The van der Waals surface area contributed by atoms with Gasteiger partial charge >= 0.3 is 0 Å². The fraction of sp³-hybridized carbons (Fsp3) is 0.400. The minimum atomic E-state index is 0.350. The van der Waals surface area contributed by atoms with Crippen LogP contribution in [-0.4, -0.2) is 21.7 Å². The van der Waals surface area contributed by atoms with Gasteiger partial charge < -0.3 is 10.3 Å². The predicted octanol–water partition coefficient (Wildman–Crippen LogP) is 1.82. The molecule has 3 heterocycles. The molecule has 0 spiro atoms. The van der Waals surface area contributed by atoms with Gasteiger partial charge in [-0.3, -0.25) is 0 Å². The zero-order valence-corrected chi connectivity index (χ0v) is 9.10. The predicted molar refractivity (Wildman–Crippen MR) is 59.0 cm³/mol. The topological polar surface area (TPSA) is 53.6 Å². The van der Waals surface area contributed by atoms with Crippen molar-refractivity contribution in [2.24, 2.45) is 0 Å². The minimum absolute atomic E-state index is 0.350. The van der Waals surface area contributed by atoms with E-state index in [2.05, 4.69) is 27.4 Å². The summed E-state index contributed by atoms with van der Waals surface area (Å²) in [5, 5.41) is 12.9. The van der Waals surface area contributed by atoms with Crippen LogP contribution >= 0.6 is 11.6 Å². The van der Waals surface area contributed by atoms with Crippen LogP contribution in [0.2, 0.25) is 5.15 Å². The van der Waals surface area contributed by atoms with Gasteiger partial charge in [0.05, 0.1) is 0 Å². The van der Waals surface area contributed by atoms with Crippen LogP contribution in [0.25, 0.3) is 11.0 Å². The number of nitrogens with one attached hydrogen (secondary N) is 2. The van der Waals surface area contributed by atoms with E-state index in [9.17, 15) is 0 Å². The Labute approximate surface area is 92.0 Å². The number of halogens is 1. The largest absolute Gasteiger partial charge is 0.341 e. The zero-order valence-electron chi connectivity index (χ0n) is 8.34. The van der Waals surface area contributed by atoms with Gasteiger partial charge in [0.2, 0.25) is 0 Å². The maximum atomic E-state index is 5.86. The van der Waals surface area contributed by atoms with E-state index >= 15 is 0 Å². The summed E-state index contributed by atoms with van der Waals surface area (Å²) in [6.45, 7) is 3.15. The third-order valence-corrected chi connectivity index (χ3v) is 3.09. The summed E-state index contributed by atoms with van der Waals surface area (Å²) in [4.78, 5) is 3.30. The highest BCUT2D eigenvalue weighted by Gasteiger charge is 2.21. The van der Waals surface area contributed by atoms with E-state index < -0.39 is 0 Å². The molecule has 3 rings (SSSR count). The Bertz CT molecular complexity index is 519. The molecule has 2 N–H and O–H groups in total. The Morgan fingerprint density at radius 3 is 3.20 bits per heavy atom. The average Bonchev–Trinajstić information content (AvgIpc) is 2.57. The number of hydrogen-bond acceptors (Lipinski definition) is 3. The van der Waals surface area contributed by atoms with Crippen LogP contribution < -0.4 is 5.32 Å². The van der Waals surface area contributed by atoms with Crippen LogP contribution in [0.5, 0.6) is 0 Å². The van der Waals surface area contributed by atoms with Gasteiger partial charge in [0.1, 0.15) is 0 Å². The number of aromatic amines is 1. The molecule has 0 aliphatic carbocycles. The van der Waals surface area contributed by atoms with Gasteiger partial charge in [0.25, 0.3) is 0 Å². The fourth-order valence-electron chi connectivity index (χ4n) is 2.25. The molecule has 1 aliphatic rings. The van der Waals surface area contributed by atoms with E-state index in [0.29, 0.717) is 11.2 Å². The lowest BCUT2D eigenvalue weighted by Gasteiger charge is -2.20. The summed E-state index contributed by atoms with van der Waals surface area (Å²) in [5.74, 6) is 0. The molecule has 78 valence electrons. The molecule has 0 aromatic carbocycles. The second-order valence-electron chi connectivity index (χ2n) is 3.87. The van der Waals surface area contributed by atoms with Crippen molar-refractivity contribution in [1.29, 1.82) is 0 Å². The number of hydrogen-bond donors (Lipinski definition) is 2.